The molecule has 4 N–H and O–H groups in total. The summed E-state index contributed by atoms with van der Waals surface area (Å²) >= 11 is 0. The summed E-state index contributed by atoms with van der Waals surface area (Å²) in [6.45, 7) is 8.76. The fourth-order valence-corrected chi connectivity index (χ4v) is 3.23. The minimum absolute atomic E-state index is 0.0845. The van der Waals surface area contributed by atoms with E-state index in [0.717, 1.165) is 6.08 Å². The van der Waals surface area contributed by atoms with Gasteiger partial charge in [0.15, 0.2) is 4.75 Å². The Labute approximate surface area is 149 Å². The lowest BCUT2D eigenvalue weighted by Crippen LogP contribution is -2.56. The molecule has 0 unspecified atom stereocenters. The first-order valence-electron chi connectivity index (χ1n) is 8.18. The van der Waals surface area contributed by atoms with Gasteiger partial charge in [0, 0.05) is 30.7 Å². The van der Waals surface area contributed by atoms with Crippen LogP contribution in [0.25, 0.3) is 0 Å². The highest BCUT2D eigenvalue weighted by Crippen LogP contribution is 2.22. The Kier molecular flexibility index (Phi) is 6.77. The Morgan fingerprint density at radius 2 is 1.72 bits per heavy atom. The van der Waals surface area contributed by atoms with E-state index in [9.17, 15) is 18.3 Å². The van der Waals surface area contributed by atoms with Gasteiger partial charge in [-0.05, 0) is 26.7 Å². The summed E-state index contributed by atoms with van der Waals surface area (Å²) in [6.07, 6.45) is 2.20. The van der Waals surface area contributed by atoms with Crippen LogP contribution < -0.4 is 10.0 Å². The summed E-state index contributed by atoms with van der Waals surface area (Å²) in [5, 5.41) is 19.9. The first-order chi connectivity index (χ1) is 11.3. The Morgan fingerprint density at radius 1 is 1.20 bits per heavy atom. The molecule has 1 fully saturated rings. The van der Waals surface area contributed by atoms with Crippen molar-refractivity contribution >= 4 is 21.8 Å². The van der Waals surface area contributed by atoms with Gasteiger partial charge in [0.25, 0.3) is 0 Å². The number of allylic oxidation sites excluding steroid dienone is 1. The van der Waals surface area contributed by atoms with Crippen molar-refractivity contribution in [1.82, 2.24) is 10.0 Å². The van der Waals surface area contributed by atoms with E-state index in [2.05, 4.69) is 10.0 Å². The quantitative estimate of drug-likeness (QED) is 0.328. The maximum atomic E-state index is 12.6. The van der Waals surface area contributed by atoms with Gasteiger partial charge >= 0.3 is 0 Å². The highest BCUT2D eigenvalue weighted by atomic mass is 32.2. The molecule has 8 nitrogen and oxygen atoms in total. The van der Waals surface area contributed by atoms with Gasteiger partial charge in [-0.25, -0.2) is 13.1 Å². The smallest absolute Gasteiger partial charge is 0.247 e. The van der Waals surface area contributed by atoms with E-state index in [1.54, 1.807) is 20.8 Å². The number of hydrogen-bond donors (Lipinski definition) is 4. The molecule has 1 aliphatic heterocycles. The van der Waals surface area contributed by atoms with Crippen LogP contribution in [-0.4, -0.2) is 49.3 Å². The van der Waals surface area contributed by atoms with Crippen molar-refractivity contribution in [3.05, 3.63) is 11.8 Å². The van der Waals surface area contributed by atoms with E-state index in [0.29, 0.717) is 26.1 Å². The molecule has 0 aromatic rings. The molecule has 0 aliphatic carbocycles. The number of sulfonamides is 1. The minimum Gasteiger partial charge on any atom is -0.512 e. The van der Waals surface area contributed by atoms with Crippen LogP contribution in [0.2, 0.25) is 0 Å². The van der Waals surface area contributed by atoms with Crippen molar-refractivity contribution in [2.24, 2.45) is 5.41 Å². The zero-order valence-electron chi connectivity index (χ0n) is 15.5. The number of carbonyl (C=O) groups is 1. The lowest BCUT2D eigenvalue weighted by atomic mass is 9.93. The molecule has 1 heterocycles. The monoisotopic (exact) mass is 375 g/mol. The highest BCUT2D eigenvalue weighted by molar-refractivity contribution is 7.91. The molecule has 0 aromatic heterocycles. The van der Waals surface area contributed by atoms with Gasteiger partial charge in [-0.3, -0.25) is 10.2 Å². The third-order valence-electron chi connectivity index (χ3n) is 4.06. The lowest BCUT2D eigenvalue weighted by molar-refractivity contribution is -0.121. The Hall–Kier alpha value is -1.45. The highest BCUT2D eigenvalue weighted by Gasteiger charge is 2.43. The molecule has 9 heteroatoms. The van der Waals surface area contributed by atoms with Crippen molar-refractivity contribution in [2.75, 3.05) is 13.2 Å². The number of hydrogen-bond acceptors (Lipinski definition) is 6. The maximum Gasteiger partial charge on any atom is 0.247 e. The van der Waals surface area contributed by atoms with Gasteiger partial charge in [0.2, 0.25) is 15.9 Å². The number of rotatable bonds is 5. The van der Waals surface area contributed by atoms with E-state index in [1.807, 2.05) is 0 Å². The summed E-state index contributed by atoms with van der Waals surface area (Å²) in [5.74, 6) is -1.29. The van der Waals surface area contributed by atoms with Gasteiger partial charge in [-0.2, -0.15) is 0 Å². The van der Waals surface area contributed by atoms with Gasteiger partial charge in [0.05, 0.1) is 0 Å². The Morgan fingerprint density at radius 3 is 2.20 bits per heavy atom. The van der Waals surface area contributed by atoms with Crippen LogP contribution in [0.15, 0.2) is 11.8 Å². The van der Waals surface area contributed by atoms with Crippen LogP contribution in [0.3, 0.4) is 0 Å². The van der Waals surface area contributed by atoms with Crippen LogP contribution >= 0.6 is 0 Å². The van der Waals surface area contributed by atoms with Crippen LogP contribution in [0, 0.1) is 10.8 Å². The molecule has 0 bridgehead atoms. The van der Waals surface area contributed by atoms with Crippen LogP contribution in [-0.2, 0) is 19.6 Å². The molecule has 144 valence electrons. The fraction of sp³-hybridized carbons (Fsp3) is 0.750. The van der Waals surface area contributed by atoms with E-state index >= 15 is 0 Å². The summed E-state index contributed by atoms with van der Waals surface area (Å²) < 4.78 is 31.1. The summed E-state index contributed by atoms with van der Waals surface area (Å²) in [6, 6.07) is -0.268. The van der Waals surface area contributed by atoms with Crippen molar-refractivity contribution in [2.45, 2.75) is 58.2 Å². The first kappa shape index (κ1) is 21.6. The molecule has 0 atom stereocenters. The maximum absolute atomic E-state index is 12.6. The van der Waals surface area contributed by atoms with Gasteiger partial charge in [0.1, 0.15) is 11.6 Å². The molecule has 1 rings (SSSR count). The van der Waals surface area contributed by atoms with E-state index in [4.69, 9.17) is 10.1 Å². The van der Waals surface area contributed by atoms with Crippen molar-refractivity contribution in [3.8, 4) is 0 Å². The molecule has 1 aliphatic rings. The van der Waals surface area contributed by atoms with Crippen LogP contribution in [0.1, 0.15) is 47.5 Å². The second-order valence-electron chi connectivity index (χ2n) is 7.67. The zero-order chi connectivity index (χ0) is 19.5. The van der Waals surface area contributed by atoms with E-state index in [1.165, 1.54) is 13.8 Å². The molecular formula is C16H29N3O5S. The van der Waals surface area contributed by atoms with Gasteiger partial charge in [-0.15, -0.1) is 0 Å². The number of amides is 1. The fourth-order valence-electron chi connectivity index (χ4n) is 1.97. The van der Waals surface area contributed by atoms with Crippen LogP contribution in [0.5, 0.6) is 0 Å². The Bertz CT molecular complexity index is 641. The molecule has 0 saturated carbocycles. The molecule has 0 aromatic carbocycles. The molecule has 1 amide bonds. The van der Waals surface area contributed by atoms with Crippen molar-refractivity contribution in [3.63, 3.8) is 0 Å². The lowest BCUT2D eigenvalue weighted by Gasteiger charge is -2.29. The summed E-state index contributed by atoms with van der Waals surface area (Å²) in [5.41, 5.74) is -0.580. The predicted octanol–water partition coefficient (Wildman–Crippen LogP) is 1.44. The summed E-state index contributed by atoms with van der Waals surface area (Å²) in [7, 11) is -3.96. The topological polar surface area (TPSA) is 129 Å². The standard InChI is InChI=1S/C16H29N3O5S/c1-15(2,3)12(20)10-13(17)18-14(21)16(4,5)25(22,23)19-11-6-8-24-9-7-11/h10-11,19-20H,6-9H2,1-5H3,(H2,17,18,21)/b12-10-. The molecule has 25 heavy (non-hydrogen) atoms. The average molecular weight is 375 g/mol. The van der Waals surface area contributed by atoms with E-state index < -0.39 is 26.1 Å². The first-order valence-corrected chi connectivity index (χ1v) is 9.66. The number of ether oxygens (including phenoxy) is 1. The normalized spacial score (nSPS) is 18.0. The van der Waals surface area contributed by atoms with Crippen LogP contribution in [0.4, 0.5) is 0 Å². The van der Waals surface area contributed by atoms with Gasteiger partial charge in [-0.1, -0.05) is 20.8 Å². The zero-order valence-corrected chi connectivity index (χ0v) is 16.3. The average Bonchev–Trinajstić information content (AvgIpc) is 2.46. The number of amidine groups is 1. The van der Waals surface area contributed by atoms with E-state index in [-0.39, 0.29) is 17.6 Å². The van der Waals surface area contributed by atoms with Gasteiger partial charge < -0.3 is 15.2 Å². The Balaban J connectivity index is 2.82. The second kappa shape index (κ2) is 7.84. The van der Waals surface area contributed by atoms with Crippen molar-refractivity contribution < 1.29 is 23.1 Å². The SMILES string of the molecule is CC(C)(C)/C(O)=C/C(=N)NC(=O)C(C)(C)S(=O)(=O)NC1CCOCC1. The second-order valence-corrected chi connectivity index (χ2v) is 9.93. The van der Waals surface area contributed by atoms with Crippen molar-refractivity contribution in [1.29, 1.82) is 5.41 Å². The third kappa shape index (κ3) is 5.79. The molecule has 0 radical (unpaired) electrons. The minimum atomic E-state index is -3.96. The molecular weight excluding hydrogens is 346 g/mol. The third-order valence-corrected chi connectivity index (χ3v) is 6.23. The molecule has 0 spiro atoms. The predicted molar refractivity (Wildman–Crippen MR) is 96.0 cm³/mol. The number of aliphatic hydroxyl groups excluding tert-OH is 1. The number of carbonyl (C=O) groups excluding carboxylic acids is 1. The molecule has 1 saturated heterocycles. The number of aliphatic hydroxyl groups is 1. The summed E-state index contributed by atoms with van der Waals surface area (Å²) in [4.78, 5) is 12.4. The number of nitrogens with one attached hydrogen (secondary N) is 3. The largest absolute Gasteiger partial charge is 0.512 e.